The minimum atomic E-state index is -0.951. The summed E-state index contributed by atoms with van der Waals surface area (Å²) < 4.78 is 5.46. The molecule has 0 amide bonds. The summed E-state index contributed by atoms with van der Waals surface area (Å²) in [6, 6.07) is 0. The maximum atomic E-state index is 10.7. The number of aliphatic hydroxyl groups excluding tert-OH is 1. The molecule has 0 radical (unpaired) electrons. The molecule has 1 aliphatic heterocycles. The molecule has 80 valence electrons. The lowest BCUT2D eigenvalue weighted by Gasteiger charge is -2.41. The first kappa shape index (κ1) is 9.93. The summed E-state index contributed by atoms with van der Waals surface area (Å²) in [4.78, 5) is 10.7. The summed E-state index contributed by atoms with van der Waals surface area (Å²) in [6.45, 7) is 0. The number of carboxylic acids is 1. The Morgan fingerprint density at radius 2 is 2.00 bits per heavy atom. The minimum absolute atomic E-state index is 0.0337. The SMILES string of the molecule is O=C(O)[C@H]1C[C@H](O)C2CCCCC2O1. The molecule has 0 bridgehead atoms. The van der Waals surface area contributed by atoms with Crippen molar-refractivity contribution in [3.63, 3.8) is 0 Å². The third-order valence-corrected chi connectivity index (χ3v) is 3.32. The fraction of sp³-hybridized carbons (Fsp3) is 0.900. The average molecular weight is 200 g/mol. The third-order valence-electron chi connectivity index (χ3n) is 3.32. The van der Waals surface area contributed by atoms with Gasteiger partial charge in [-0.3, -0.25) is 0 Å². The lowest BCUT2D eigenvalue weighted by atomic mass is 9.79. The highest BCUT2D eigenvalue weighted by atomic mass is 16.5. The first-order valence-corrected chi connectivity index (χ1v) is 5.25. The molecule has 1 aliphatic carbocycles. The largest absolute Gasteiger partial charge is 0.479 e. The fourth-order valence-corrected chi connectivity index (χ4v) is 2.55. The van der Waals surface area contributed by atoms with Gasteiger partial charge in [-0.15, -0.1) is 0 Å². The zero-order valence-corrected chi connectivity index (χ0v) is 8.06. The molecule has 0 aromatic heterocycles. The molecule has 0 spiro atoms. The second-order valence-corrected chi connectivity index (χ2v) is 4.25. The van der Waals surface area contributed by atoms with Gasteiger partial charge in [-0.05, 0) is 12.8 Å². The van der Waals surface area contributed by atoms with E-state index >= 15 is 0 Å². The molecule has 1 saturated carbocycles. The number of ether oxygens (including phenoxy) is 1. The van der Waals surface area contributed by atoms with Crippen molar-refractivity contribution in [1.82, 2.24) is 0 Å². The molecule has 0 aromatic carbocycles. The van der Waals surface area contributed by atoms with Crippen molar-refractivity contribution < 1.29 is 19.7 Å². The van der Waals surface area contributed by atoms with Crippen LogP contribution in [0.25, 0.3) is 0 Å². The van der Waals surface area contributed by atoms with E-state index in [2.05, 4.69) is 0 Å². The van der Waals surface area contributed by atoms with E-state index in [9.17, 15) is 9.90 Å². The van der Waals surface area contributed by atoms with Gasteiger partial charge in [0, 0.05) is 12.3 Å². The van der Waals surface area contributed by atoms with E-state index in [4.69, 9.17) is 9.84 Å². The van der Waals surface area contributed by atoms with Crippen LogP contribution >= 0.6 is 0 Å². The molecule has 2 N–H and O–H groups in total. The maximum Gasteiger partial charge on any atom is 0.332 e. The van der Waals surface area contributed by atoms with E-state index in [1.807, 2.05) is 0 Å². The highest BCUT2D eigenvalue weighted by Crippen LogP contribution is 2.35. The molecule has 2 rings (SSSR count). The topological polar surface area (TPSA) is 66.8 Å². The highest BCUT2D eigenvalue weighted by Gasteiger charge is 2.41. The summed E-state index contributed by atoms with van der Waals surface area (Å²) in [6.07, 6.45) is 2.99. The minimum Gasteiger partial charge on any atom is -0.479 e. The molecule has 4 atom stereocenters. The fourth-order valence-electron chi connectivity index (χ4n) is 2.55. The van der Waals surface area contributed by atoms with Gasteiger partial charge in [-0.1, -0.05) is 12.8 Å². The van der Waals surface area contributed by atoms with Crippen LogP contribution in [0, 0.1) is 5.92 Å². The Morgan fingerprint density at radius 3 is 2.71 bits per heavy atom. The van der Waals surface area contributed by atoms with E-state index in [1.165, 1.54) is 0 Å². The van der Waals surface area contributed by atoms with Gasteiger partial charge in [0.15, 0.2) is 6.10 Å². The summed E-state index contributed by atoms with van der Waals surface area (Å²) in [5.74, 6) is -0.785. The van der Waals surface area contributed by atoms with E-state index in [-0.39, 0.29) is 18.4 Å². The molecule has 1 heterocycles. The van der Waals surface area contributed by atoms with Crippen LogP contribution < -0.4 is 0 Å². The van der Waals surface area contributed by atoms with Crippen molar-refractivity contribution in [2.75, 3.05) is 0 Å². The molecule has 0 aromatic rings. The van der Waals surface area contributed by atoms with Crippen LogP contribution in [-0.2, 0) is 9.53 Å². The normalized spacial score (nSPS) is 42.9. The Balaban J connectivity index is 2.04. The second kappa shape index (κ2) is 3.87. The van der Waals surface area contributed by atoms with Gasteiger partial charge < -0.3 is 14.9 Å². The molecule has 14 heavy (non-hydrogen) atoms. The predicted molar refractivity (Wildman–Crippen MR) is 48.9 cm³/mol. The van der Waals surface area contributed by atoms with Crippen molar-refractivity contribution in [1.29, 1.82) is 0 Å². The van der Waals surface area contributed by atoms with E-state index in [0.717, 1.165) is 25.7 Å². The van der Waals surface area contributed by atoms with Crippen molar-refractivity contribution >= 4 is 5.97 Å². The van der Waals surface area contributed by atoms with Crippen LogP contribution in [0.5, 0.6) is 0 Å². The lowest BCUT2D eigenvalue weighted by molar-refractivity contribution is -0.181. The summed E-state index contributed by atoms with van der Waals surface area (Å²) in [5, 5.41) is 18.6. The smallest absolute Gasteiger partial charge is 0.332 e. The van der Waals surface area contributed by atoms with Crippen LogP contribution in [0.4, 0.5) is 0 Å². The Kier molecular flexibility index (Phi) is 2.74. The molecular formula is C10H16O4. The Labute approximate surface area is 82.9 Å². The van der Waals surface area contributed by atoms with E-state index in [0.29, 0.717) is 0 Å². The van der Waals surface area contributed by atoms with Gasteiger partial charge in [0.25, 0.3) is 0 Å². The van der Waals surface area contributed by atoms with Crippen LogP contribution in [0.15, 0.2) is 0 Å². The Morgan fingerprint density at radius 1 is 1.29 bits per heavy atom. The zero-order chi connectivity index (χ0) is 10.1. The Hall–Kier alpha value is -0.610. The number of aliphatic carboxylic acids is 1. The monoisotopic (exact) mass is 200 g/mol. The average Bonchev–Trinajstić information content (AvgIpc) is 2.17. The van der Waals surface area contributed by atoms with Gasteiger partial charge in [-0.2, -0.15) is 0 Å². The predicted octanol–water partition coefficient (Wildman–Crippen LogP) is 0.780. The molecule has 2 unspecified atom stereocenters. The van der Waals surface area contributed by atoms with E-state index < -0.39 is 18.2 Å². The summed E-state index contributed by atoms with van der Waals surface area (Å²) in [7, 11) is 0. The maximum absolute atomic E-state index is 10.7. The van der Waals surface area contributed by atoms with Gasteiger partial charge in [0.1, 0.15) is 0 Å². The number of hydrogen-bond acceptors (Lipinski definition) is 3. The number of hydrogen-bond donors (Lipinski definition) is 2. The summed E-state index contributed by atoms with van der Waals surface area (Å²) in [5.41, 5.74) is 0. The number of aliphatic hydroxyl groups is 1. The highest BCUT2D eigenvalue weighted by molar-refractivity contribution is 5.72. The molecule has 4 nitrogen and oxygen atoms in total. The van der Waals surface area contributed by atoms with Gasteiger partial charge >= 0.3 is 5.97 Å². The third kappa shape index (κ3) is 1.77. The summed E-state index contributed by atoms with van der Waals surface area (Å²) >= 11 is 0. The lowest BCUT2D eigenvalue weighted by Crippen LogP contribution is -2.48. The van der Waals surface area contributed by atoms with Crippen molar-refractivity contribution in [3.8, 4) is 0 Å². The van der Waals surface area contributed by atoms with Crippen molar-refractivity contribution in [2.24, 2.45) is 5.92 Å². The van der Waals surface area contributed by atoms with Crippen LogP contribution in [0.2, 0.25) is 0 Å². The van der Waals surface area contributed by atoms with Crippen LogP contribution in [-0.4, -0.2) is 34.5 Å². The standard InChI is InChI=1S/C10H16O4/c11-7-5-9(10(12)13)14-8-4-2-1-3-6(7)8/h6-9,11H,1-5H2,(H,12,13)/t6?,7-,8?,9+/m0/s1. The molecule has 4 heteroatoms. The van der Waals surface area contributed by atoms with Crippen molar-refractivity contribution in [3.05, 3.63) is 0 Å². The van der Waals surface area contributed by atoms with Crippen LogP contribution in [0.1, 0.15) is 32.1 Å². The second-order valence-electron chi connectivity index (χ2n) is 4.25. The zero-order valence-electron chi connectivity index (χ0n) is 8.06. The molecule has 2 aliphatic rings. The molecular weight excluding hydrogens is 184 g/mol. The molecule has 2 fully saturated rings. The first-order valence-electron chi connectivity index (χ1n) is 5.25. The Bertz CT molecular complexity index is 228. The van der Waals surface area contributed by atoms with E-state index in [1.54, 1.807) is 0 Å². The van der Waals surface area contributed by atoms with Gasteiger partial charge in [0.2, 0.25) is 0 Å². The van der Waals surface area contributed by atoms with Gasteiger partial charge in [0.05, 0.1) is 12.2 Å². The van der Waals surface area contributed by atoms with Crippen molar-refractivity contribution in [2.45, 2.75) is 50.4 Å². The van der Waals surface area contributed by atoms with Gasteiger partial charge in [-0.25, -0.2) is 4.79 Å². The number of rotatable bonds is 1. The number of carboxylic acid groups (broad SMARTS) is 1. The van der Waals surface area contributed by atoms with Crippen LogP contribution in [0.3, 0.4) is 0 Å². The molecule has 1 saturated heterocycles. The quantitative estimate of drug-likeness (QED) is 0.656. The number of fused-ring (bicyclic) bond motifs is 1. The number of carbonyl (C=O) groups is 1. The first-order chi connectivity index (χ1) is 6.68.